The van der Waals surface area contributed by atoms with Gasteiger partial charge in [0.05, 0.1) is 13.2 Å². The van der Waals surface area contributed by atoms with Gasteiger partial charge in [-0.2, -0.15) is 4.94 Å². The van der Waals surface area contributed by atoms with Gasteiger partial charge in [0.25, 0.3) is 0 Å². The Bertz CT molecular complexity index is 706. The van der Waals surface area contributed by atoms with E-state index in [0.717, 1.165) is 17.7 Å². The fraction of sp³-hybridized carbons (Fsp3) is 0.316. The van der Waals surface area contributed by atoms with Crippen LogP contribution in [0.15, 0.2) is 42.5 Å². The SMILES string of the molecule is CNCc1cccc(Cc2ccc(OCCCOF)c(C(=O)O)c2)c1. The third kappa shape index (κ3) is 5.85. The van der Waals surface area contributed by atoms with Gasteiger partial charge in [0.15, 0.2) is 0 Å². The fourth-order valence-corrected chi connectivity index (χ4v) is 2.57. The van der Waals surface area contributed by atoms with E-state index >= 15 is 0 Å². The van der Waals surface area contributed by atoms with Gasteiger partial charge in [-0.05, 0) is 46.8 Å². The highest BCUT2D eigenvalue weighted by molar-refractivity contribution is 5.91. The van der Waals surface area contributed by atoms with E-state index in [2.05, 4.69) is 16.3 Å². The van der Waals surface area contributed by atoms with E-state index in [1.807, 2.05) is 31.3 Å². The predicted octanol–water partition coefficient (Wildman–Crippen LogP) is 3.37. The average molecular weight is 347 g/mol. The quantitative estimate of drug-likeness (QED) is 0.645. The molecule has 0 heterocycles. The number of aromatic carboxylic acids is 1. The summed E-state index contributed by atoms with van der Waals surface area (Å²) < 4.78 is 17.0. The van der Waals surface area contributed by atoms with E-state index in [4.69, 9.17) is 4.74 Å². The number of carboxylic acid groups (broad SMARTS) is 1. The van der Waals surface area contributed by atoms with Crippen molar-refractivity contribution in [2.75, 3.05) is 20.3 Å². The lowest BCUT2D eigenvalue weighted by molar-refractivity contribution is -0.134. The summed E-state index contributed by atoms with van der Waals surface area (Å²) in [6.07, 6.45) is 0.976. The monoisotopic (exact) mass is 347 g/mol. The van der Waals surface area contributed by atoms with Crippen molar-refractivity contribution in [2.45, 2.75) is 19.4 Å². The summed E-state index contributed by atoms with van der Waals surface area (Å²) in [4.78, 5) is 15.0. The van der Waals surface area contributed by atoms with Gasteiger partial charge in [0, 0.05) is 13.0 Å². The van der Waals surface area contributed by atoms with Crippen LogP contribution >= 0.6 is 0 Å². The van der Waals surface area contributed by atoms with Crippen LogP contribution in [-0.2, 0) is 17.9 Å². The highest BCUT2D eigenvalue weighted by atomic mass is 19.3. The molecule has 6 heteroatoms. The molecule has 2 aromatic carbocycles. The van der Waals surface area contributed by atoms with Crippen LogP contribution < -0.4 is 10.1 Å². The Morgan fingerprint density at radius 2 is 1.88 bits per heavy atom. The zero-order valence-corrected chi connectivity index (χ0v) is 14.1. The molecular weight excluding hydrogens is 325 g/mol. The van der Waals surface area contributed by atoms with Gasteiger partial charge in [0.2, 0.25) is 0 Å². The Balaban J connectivity index is 2.12. The van der Waals surface area contributed by atoms with Gasteiger partial charge in [-0.3, -0.25) is 0 Å². The molecule has 0 spiro atoms. The lowest BCUT2D eigenvalue weighted by Gasteiger charge is -2.11. The molecule has 0 radical (unpaired) electrons. The predicted molar refractivity (Wildman–Crippen MR) is 92.6 cm³/mol. The Morgan fingerprint density at radius 3 is 2.60 bits per heavy atom. The maximum atomic E-state index is 11.6. The van der Waals surface area contributed by atoms with Crippen LogP contribution in [-0.4, -0.2) is 31.3 Å². The van der Waals surface area contributed by atoms with Crippen LogP contribution in [0.1, 0.15) is 33.5 Å². The van der Waals surface area contributed by atoms with E-state index in [9.17, 15) is 14.4 Å². The molecule has 2 aromatic rings. The molecule has 0 aliphatic carbocycles. The van der Waals surface area contributed by atoms with Gasteiger partial charge >= 0.3 is 5.97 Å². The van der Waals surface area contributed by atoms with Gasteiger partial charge < -0.3 is 15.2 Å². The van der Waals surface area contributed by atoms with Crippen LogP contribution in [0, 0.1) is 0 Å². The molecule has 0 atom stereocenters. The topological polar surface area (TPSA) is 67.8 Å². The lowest BCUT2D eigenvalue weighted by atomic mass is 10.0. The van der Waals surface area contributed by atoms with Crippen molar-refractivity contribution in [3.05, 3.63) is 64.7 Å². The molecule has 134 valence electrons. The van der Waals surface area contributed by atoms with E-state index in [1.165, 1.54) is 5.56 Å². The third-order valence-electron chi connectivity index (χ3n) is 3.68. The first-order valence-electron chi connectivity index (χ1n) is 8.09. The fourth-order valence-electron chi connectivity index (χ4n) is 2.57. The summed E-state index contributed by atoms with van der Waals surface area (Å²) in [7, 11) is 1.89. The summed E-state index contributed by atoms with van der Waals surface area (Å²) in [5, 5.41) is 12.5. The van der Waals surface area contributed by atoms with E-state index in [1.54, 1.807) is 12.1 Å². The molecule has 25 heavy (non-hydrogen) atoms. The molecule has 0 saturated heterocycles. The molecule has 0 amide bonds. The van der Waals surface area contributed by atoms with Crippen molar-refractivity contribution in [3.8, 4) is 5.75 Å². The summed E-state index contributed by atoms with van der Waals surface area (Å²) in [5.41, 5.74) is 3.27. The van der Waals surface area contributed by atoms with E-state index in [-0.39, 0.29) is 24.5 Å². The Labute approximate surface area is 146 Å². The Kier molecular flexibility index (Phi) is 7.37. The average Bonchev–Trinajstić information content (AvgIpc) is 2.60. The molecule has 2 N–H and O–H groups in total. The highest BCUT2D eigenvalue weighted by Gasteiger charge is 2.13. The third-order valence-corrected chi connectivity index (χ3v) is 3.68. The smallest absolute Gasteiger partial charge is 0.339 e. The van der Waals surface area contributed by atoms with Crippen molar-refractivity contribution in [1.29, 1.82) is 0 Å². The molecule has 0 unspecified atom stereocenters. The zero-order chi connectivity index (χ0) is 18.1. The minimum absolute atomic E-state index is 0.0799. The summed E-state index contributed by atoms with van der Waals surface area (Å²) in [6.45, 7) is 0.892. The molecule has 0 bridgehead atoms. The largest absolute Gasteiger partial charge is 0.493 e. The normalized spacial score (nSPS) is 10.6. The minimum atomic E-state index is -1.05. The number of hydrogen-bond donors (Lipinski definition) is 2. The minimum Gasteiger partial charge on any atom is -0.493 e. The van der Waals surface area contributed by atoms with Crippen LogP contribution in [0.25, 0.3) is 0 Å². The Hall–Kier alpha value is -2.44. The first kappa shape index (κ1) is 18.9. The number of hydrogen-bond acceptors (Lipinski definition) is 4. The van der Waals surface area contributed by atoms with E-state index in [0.29, 0.717) is 12.8 Å². The van der Waals surface area contributed by atoms with Crippen molar-refractivity contribution in [3.63, 3.8) is 0 Å². The first-order valence-corrected chi connectivity index (χ1v) is 8.09. The van der Waals surface area contributed by atoms with Crippen molar-refractivity contribution in [1.82, 2.24) is 5.32 Å². The molecule has 0 aromatic heterocycles. The summed E-state index contributed by atoms with van der Waals surface area (Å²) in [5.74, 6) is -0.776. The molecule has 5 nitrogen and oxygen atoms in total. The second-order valence-electron chi connectivity index (χ2n) is 5.68. The number of carboxylic acids is 1. The first-order chi connectivity index (χ1) is 12.1. The maximum Gasteiger partial charge on any atom is 0.339 e. The van der Waals surface area contributed by atoms with Crippen molar-refractivity contribution in [2.24, 2.45) is 0 Å². The van der Waals surface area contributed by atoms with Crippen molar-refractivity contribution >= 4 is 5.97 Å². The van der Waals surface area contributed by atoms with Gasteiger partial charge in [0.1, 0.15) is 11.3 Å². The standard InChI is InChI=1S/C19H22FNO4/c1-21-13-16-5-2-4-14(11-16)10-15-6-7-18(17(12-15)19(22)23)24-8-3-9-25-20/h2,4-7,11-12,21H,3,8-10,13H2,1H3,(H,22,23). The molecule has 0 fully saturated rings. The highest BCUT2D eigenvalue weighted by Crippen LogP contribution is 2.22. The van der Waals surface area contributed by atoms with Crippen LogP contribution in [0.5, 0.6) is 5.75 Å². The van der Waals surface area contributed by atoms with Gasteiger partial charge in [-0.1, -0.05) is 30.3 Å². The van der Waals surface area contributed by atoms with Crippen LogP contribution in [0.3, 0.4) is 0 Å². The zero-order valence-electron chi connectivity index (χ0n) is 14.1. The molecule has 2 rings (SSSR count). The molecule has 0 aliphatic rings. The number of halogens is 1. The summed E-state index contributed by atoms with van der Waals surface area (Å²) in [6, 6.07) is 13.3. The number of ether oxygens (including phenoxy) is 1. The van der Waals surface area contributed by atoms with Crippen LogP contribution in [0.4, 0.5) is 4.53 Å². The lowest BCUT2D eigenvalue weighted by Crippen LogP contribution is -2.07. The second-order valence-corrected chi connectivity index (χ2v) is 5.68. The van der Waals surface area contributed by atoms with Gasteiger partial charge in [-0.25, -0.2) is 4.79 Å². The van der Waals surface area contributed by atoms with Crippen LogP contribution in [0.2, 0.25) is 0 Å². The number of carbonyl (C=O) groups is 1. The number of nitrogens with one attached hydrogen (secondary N) is 1. The second kappa shape index (κ2) is 9.76. The van der Waals surface area contributed by atoms with Gasteiger partial charge in [-0.15, -0.1) is 0 Å². The maximum absolute atomic E-state index is 11.6. The molecular formula is C19H22FNO4. The van der Waals surface area contributed by atoms with E-state index < -0.39 is 5.97 Å². The van der Waals surface area contributed by atoms with Crippen molar-refractivity contribution < 1.29 is 24.1 Å². The Morgan fingerprint density at radius 1 is 1.12 bits per heavy atom. The number of benzene rings is 2. The summed E-state index contributed by atoms with van der Waals surface area (Å²) >= 11 is 0. The molecule has 0 aliphatic heterocycles. The molecule has 0 saturated carbocycles. The number of rotatable bonds is 10.